The van der Waals surface area contributed by atoms with E-state index in [0.29, 0.717) is 25.2 Å². The van der Waals surface area contributed by atoms with Crippen LogP contribution in [0.5, 0.6) is 0 Å². The van der Waals surface area contributed by atoms with Gasteiger partial charge in [0.1, 0.15) is 5.82 Å². The number of rotatable bonds is 4. The van der Waals surface area contributed by atoms with Gasteiger partial charge in [0.15, 0.2) is 0 Å². The van der Waals surface area contributed by atoms with Crippen LogP contribution in [-0.4, -0.2) is 67.2 Å². The van der Waals surface area contributed by atoms with Gasteiger partial charge in [0.05, 0.1) is 10.9 Å². The predicted molar refractivity (Wildman–Crippen MR) is 92.5 cm³/mol. The van der Waals surface area contributed by atoms with E-state index in [1.54, 1.807) is 12.4 Å². The molecule has 0 bridgehead atoms. The number of sulfonamides is 1. The van der Waals surface area contributed by atoms with E-state index in [1.165, 1.54) is 35.6 Å². The van der Waals surface area contributed by atoms with Crippen LogP contribution in [0, 0.1) is 0 Å². The fourth-order valence-electron chi connectivity index (χ4n) is 2.89. The van der Waals surface area contributed by atoms with Gasteiger partial charge in [0.2, 0.25) is 10.0 Å². The number of aromatic nitrogens is 2. The van der Waals surface area contributed by atoms with Crippen molar-refractivity contribution in [1.82, 2.24) is 24.5 Å². The van der Waals surface area contributed by atoms with Crippen LogP contribution in [0.1, 0.15) is 22.2 Å². The van der Waals surface area contributed by atoms with Crippen molar-refractivity contribution in [3.8, 4) is 0 Å². The van der Waals surface area contributed by atoms with E-state index in [1.807, 2.05) is 7.05 Å². The molecule has 1 saturated heterocycles. The SMILES string of the molecule is CNC(=O)c1ccc(S(=O)(=O)N2CCN(C)[C@@H](c3ncc[nH]3)C2)cc1. The molecule has 1 aliphatic heterocycles. The van der Waals surface area contributed by atoms with Crippen LogP contribution in [0.3, 0.4) is 0 Å². The number of amides is 1. The lowest BCUT2D eigenvalue weighted by molar-refractivity contribution is 0.0963. The van der Waals surface area contributed by atoms with Gasteiger partial charge in [0.25, 0.3) is 5.91 Å². The molecule has 1 atom stereocenters. The molecule has 8 nitrogen and oxygen atoms in total. The van der Waals surface area contributed by atoms with E-state index in [-0.39, 0.29) is 16.8 Å². The number of aromatic amines is 1. The number of imidazole rings is 1. The first-order chi connectivity index (χ1) is 11.9. The third-order valence-electron chi connectivity index (χ3n) is 4.43. The monoisotopic (exact) mass is 363 g/mol. The number of hydrogen-bond acceptors (Lipinski definition) is 5. The summed E-state index contributed by atoms with van der Waals surface area (Å²) >= 11 is 0. The molecule has 2 N–H and O–H groups in total. The van der Waals surface area contributed by atoms with Crippen LogP contribution in [-0.2, 0) is 10.0 Å². The first kappa shape index (κ1) is 17.6. The first-order valence-corrected chi connectivity index (χ1v) is 9.39. The van der Waals surface area contributed by atoms with Crippen LogP contribution in [0.2, 0.25) is 0 Å². The molecule has 1 aromatic carbocycles. The summed E-state index contributed by atoms with van der Waals surface area (Å²) < 4.78 is 27.3. The van der Waals surface area contributed by atoms with Crippen molar-refractivity contribution < 1.29 is 13.2 Å². The van der Waals surface area contributed by atoms with Gasteiger partial charge in [-0.15, -0.1) is 0 Å². The molecular formula is C16H21N5O3S. The van der Waals surface area contributed by atoms with Crippen molar-refractivity contribution in [2.45, 2.75) is 10.9 Å². The lowest BCUT2D eigenvalue weighted by Crippen LogP contribution is -2.49. The summed E-state index contributed by atoms with van der Waals surface area (Å²) in [5, 5.41) is 2.51. The Hall–Kier alpha value is -2.23. The molecule has 0 saturated carbocycles. The molecule has 1 aromatic heterocycles. The Morgan fingerprint density at radius 3 is 2.60 bits per heavy atom. The Kier molecular flexibility index (Phi) is 4.89. The molecule has 134 valence electrons. The third-order valence-corrected chi connectivity index (χ3v) is 6.31. The smallest absolute Gasteiger partial charge is 0.251 e. The van der Waals surface area contributed by atoms with Crippen LogP contribution in [0.4, 0.5) is 0 Å². The average Bonchev–Trinajstić information content (AvgIpc) is 3.15. The summed E-state index contributed by atoms with van der Waals surface area (Å²) in [5.41, 5.74) is 0.424. The van der Waals surface area contributed by atoms with Crippen LogP contribution in [0.15, 0.2) is 41.6 Å². The largest absolute Gasteiger partial charge is 0.355 e. The predicted octanol–water partition coefficient (Wildman–Crippen LogP) is 0.447. The second-order valence-electron chi connectivity index (χ2n) is 5.94. The molecule has 2 aromatic rings. The number of H-pyrrole nitrogens is 1. The lowest BCUT2D eigenvalue weighted by atomic mass is 10.2. The highest BCUT2D eigenvalue weighted by Gasteiger charge is 2.34. The highest BCUT2D eigenvalue weighted by molar-refractivity contribution is 7.89. The van der Waals surface area contributed by atoms with Gasteiger partial charge in [-0.1, -0.05) is 0 Å². The van der Waals surface area contributed by atoms with E-state index in [9.17, 15) is 13.2 Å². The van der Waals surface area contributed by atoms with Gasteiger partial charge < -0.3 is 10.3 Å². The summed E-state index contributed by atoms with van der Waals surface area (Å²) in [6.45, 7) is 1.34. The molecule has 1 amide bonds. The maximum Gasteiger partial charge on any atom is 0.251 e. The van der Waals surface area contributed by atoms with Gasteiger partial charge >= 0.3 is 0 Å². The Balaban J connectivity index is 1.83. The van der Waals surface area contributed by atoms with Gasteiger partial charge in [-0.05, 0) is 31.3 Å². The van der Waals surface area contributed by atoms with E-state index in [4.69, 9.17) is 0 Å². The van der Waals surface area contributed by atoms with Crippen molar-refractivity contribution in [3.63, 3.8) is 0 Å². The number of carbonyl (C=O) groups is 1. The van der Waals surface area contributed by atoms with Crippen molar-refractivity contribution >= 4 is 15.9 Å². The summed E-state index contributed by atoms with van der Waals surface area (Å²) in [6.07, 6.45) is 3.39. The van der Waals surface area contributed by atoms with Crippen LogP contribution >= 0.6 is 0 Å². The normalized spacial score (nSPS) is 19.7. The van der Waals surface area contributed by atoms with Crippen molar-refractivity contribution in [3.05, 3.63) is 48.0 Å². The Morgan fingerprint density at radius 2 is 2.00 bits per heavy atom. The second-order valence-corrected chi connectivity index (χ2v) is 7.88. The Labute approximate surface area is 146 Å². The number of piperazine rings is 1. The fraction of sp³-hybridized carbons (Fsp3) is 0.375. The van der Waals surface area contributed by atoms with Gasteiger partial charge in [-0.25, -0.2) is 13.4 Å². The van der Waals surface area contributed by atoms with Gasteiger partial charge in [0, 0.05) is 44.6 Å². The average molecular weight is 363 g/mol. The number of hydrogen-bond donors (Lipinski definition) is 2. The standard InChI is InChI=1S/C16H21N5O3S/c1-17-16(22)12-3-5-13(6-4-12)25(23,24)21-10-9-20(2)14(11-21)15-18-7-8-19-15/h3-8,14H,9-11H2,1-2H3,(H,17,22)(H,18,19)/t14-/m1/s1. The first-order valence-electron chi connectivity index (χ1n) is 7.95. The lowest BCUT2D eigenvalue weighted by Gasteiger charge is -2.37. The van der Waals surface area contributed by atoms with E-state index >= 15 is 0 Å². The molecular weight excluding hydrogens is 342 g/mol. The molecule has 9 heteroatoms. The molecule has 0 radical (unpaired) electrons. The zero-order chi connectivity index (χ0) is 18.0. The quantitative estimate of drug-likeness (QED) is 0.822. The minimum atomic E-state index is -3.63. The van der Waals surface area contributed by atoms with Gasteiger partial charge in [-0.2, -0.15) is 4.31 Å². The van der Waals surface area contributed by atoms with Crippen molar-refractivity contribution in [2.24, 2.45) is 0 Å². The van der Waals surface area contributed by atoms with E-state index < -0.39 is 10.0 Å². The number of likely N-dealkylation sites (N-methyl/N-ethyl adjacent to an activating group) is 1. The molecule has 0 spiro atoms. The number of benzene rings is 1. The van der Waals surface area contributed by atoms with Crippen molar-refractivity contribution in [1.29, 1.82) is 0 Å². The van der Waals surface area contributed by atoms with Crippen LogP contribution in [0.25, 0.3) is 0 Å². The third kappa shape index (κ3) is 3.44. The van der Waals surface area contributed by atoms with E-state index in [2.05, 4.69) is 20.2 Å². The van der Waals surface area contributed by atoms with Gasteiger partial charge in [-0.3, -0.25) is 9.69 Å². The number of carbonyl (C=O) groups excluding carboxylic acids is 1. The molecule has 1 fully saturated rings. The minimum absolute atomic E-state index is 0.122. The van der Waals surface area contributed by atoms with E-state index in [0.717, 1.165) is 5.82 Å². The zero-order valence-corrected chi connectivity index (χ0v) is 15.0. The maximum atomic E-state index is 12.9. The molecule has 25 heavy (non-hydrogen) atoms. The highest BCUT2D eigenvalue weighted by atomic mass is 32.2. The maximum absolute atomic E-state index is 12.9. The van der Waals surface area contributed by atoms with Crippen LogP contribution < -0.4 is 5.32 Å². The topological polar surface area (TPSA) is 98.4 Å². The Bertz CT molecular complexity index is 833. The molecule has 0 unspecified atom stereocenters. The zero-order valence-electron chi connectivity index (χ0n) is 14.1. The summed E-state index contributed by atoms with van der Waals surface area (Å²) in [6, 6.07) is 5.86. The highest BCUT2D eigenvalue weighted by Crippen LogP contribution is 2.26. The Morgan fingerprint density at radius 1 is 1.28 bits per heavy atom. The van der Waals surface area contributed by atoms with Crippen molar-refractivity contribution in [2.75, 3.05) is 33.7 Å². The summed E-state index contributed by atoms with van der Waals surface area (Å²) in [5.74, 6) is 0.499. The second kappa shape index (κ2) is 6.95. The number of nitrogens with one attached hydrogen (secondary N) is 2. The molecule has 3 rings (SSSR count). The summed E-state index contributed by atoms with van der Waals surface area (Å²) in [4.78, 5) is 21.2. The summed E-state index contributed by atoms with van der Waals surface area (Å²) in [7, 11) is -0.138. The fourth-order valence-corrected chi connectivity index (χ4v) is 4.33. The molecule has 1 aliphatic rings. The molecule has 2 heterocycles. The molecule has 0 aliphatic carbocycles. The minimum Gasteiger partial charge on any atom is -0.355 e. The number of nitrogens with zero attached hydrogens (tertiary/aromatic N) is 3.